The van der Waals surface area contributed by atoms with Crippen LogP contribution in [0.2, 0.25) is 0 Å². The molecule has 3 aromatic rings. The highest BCUT2D eigenvalue weighted by Gasteiger charge is 2.19. The standard InChI is InChI=1S/C17H17N5OS/c1-11-13-4-2-3-5-14(13)24-17(11)21-16(23)12-6-7-19-15(8-12)22-10-18-9-20-22/h6-10H,2-5H2,1H3,(H,21,23). The van der Waals surface area contributed by atoms with Crippen molar-refractivity contribution in [2.75, 3.05) is 5.32 Å². The maximum absolute atomic E-state index is 12.6. The van der Waals surface area contributed by atoms with Gasteiger partial charge < -0.3 is 5.32 Å². The van der Waals surface area contributed by atoms with Crippen LogP contribution in [0.4, 0.5) is 5.00 Å². The Morgan fingerprint density at radius 3 is 3.00 bits per heavy atom. The average Bonchev–Trinajstić information content (AvgIpc) is 3.25. The second kappa shape index (κ2) is 6.16. The molecule has 0 radical (unpaired) electrons. The molecule has 3 aromatic heterocycles. The van der Waals surface area contributed by atoms with Crippen LogP contribution in [0.5, 0.6) is 0 Å². The number of pyridine rings is 1. The molecule has 0 bridgehead atoms. The lowest BCUT2D eigenvalue weighted by molar-refractivity contribution is 0.102. The van der Waals surface area contributed by atoms with Crippen LogP contribution in [0.3, 0.4) is 0 Å². The number of amides is 1. The summed E-state index contributed by atoms with van der Waals surface area (Å²) >= 11 is 1.71. The molecular formula is C17H17N5OS. The van der Waals surface area contributed by atoms with Crippen molar-refractivity contribution in [2.24, 2.45) is 0 Å². The van der Waals surface area contributed by atoms with Crippen LogP contribution in [-0.2, 0) is 12.8 Å². The molecule has 0 fully saturated rings. The number of fused-ring (bicyclic) bond motifs is 1. The Bertz CT molecular complexity index is 885. The van der Waals surface area contributed by atoms with Gasteiger partial charge in [0.05, 0.1) is 5.00 Å². The summed E-state index contributed by atoms with van der Waals surface area (Å²) in [6.45, 7) is 2.10. The molecule has 0 saturated carbocycles. The molecule has 1 N–H and O–H groups in total. The lowest BCUT2D eigenvalue weighted by Crippen LogP contribution is -2.13. The fourth-order valence-electron chi connectivity index (χ4n) is 3.03. The maximum Gasteiger partial charge on any atom is 0.256 e. The zero-order valence-corrected chi connectivity index (χ0v) is 14.1. The zero-order valence-electron chi connectivity index (χ0n) is 13.3. The molecule has 1 aliphatic carbocycles. The molecule has 24 heavy (non-hydrogen) atoms. The van der Waals surface area contributed by atoms with Crippen LogP contribution in [0, 0.1) is 6.92 Å². The summed E-state index contributed by atoms with van der Waals surface area (Å²) in [6.07, 6.45) is 9.34. The van der Waals surface area contributed by atoms with E-state index in [4.69, 9.17) is 0 Å². The van der Waals surface area contributed by atoms with E-state index in [9.17, 15) is 4.79 Å². The van der Waals surface area contributed by atoms with Gasteiger partial charge in [-0.15, -0.1) is 11.3 Å². The van der Waals surface area contributed by atoms with Crippen molar-refractivity contribution in [1.82, 2.24) is 19.7 Å². The van der Waals surface area contributed by atoms with Crippen LogP contribution in [0.15, 0.2) is 31.0 Å². The fourth-order valence-corrected chi connectivity index (χ4v) is 4.32. The number of hydrogen-bond donors (Lipinski definition) is 1. The lowest BCUT2D eigenvalue weighted by Gasteiger charge is -2.10. The topological polar surface area (TPSA) is 72.7 Å². The molecule has 0 atom stereocenters. The van der Waals surface area contributed by atoms with Crippen LogP contribution >= 0.6 is 11.3 Å². The van der Waals surface area contributed by atoms with E-state index in [0.717, 1.165) is 17.8 Å². The van der Waals surface area contributed by atoms with Crippen LogP contribution in [0.1, 0.15) is 39.2 Å². The summed E-state index contributed by atoms with van der Waals surface area (Å²) in [5.41, 5.74) is 3.20. The van der Waals surface area contributed by atoms with E-state index in [1.807, 2.05) is 0 Å². The zero-order chi connectivity index (χ0) is 16.5. The second-order valence-electron chi connectivity index (χ2n) is 5.86. The Morgan fingerprint density at radius 1 is 1.33 bits per heavy atom. The molecule has 122 valence electrons. The van der Waals surface area contributed by atoms with Gasteiger partial charge in [0.25, 0.3) is 5.91 Å². The van der Waals surface area contributed by atoms with E-state index in [-0.39, 0.29) is 5.91 Å². The summed E-state index contributed by atoms with van der Waals surface area (Å²) < 4.78 is 1.53. The van der Waals surface area contributed by atoms with Gasteiger partial charge in [-0.25, -0.2) is 14.6 Å². The number of aromatic nitrogens is 4. The van der Waals surface area contributed by atoms with Gasteiger partial charge in [-0.2, -0.15) is 5.10 Å². The third-order valence-corrected chi connectivity index (χ3v) is 5.63. The van der Waals surface area contributed by atoms with Gasteiger partial charge >= 0.3 is 0 Å². The molecule has 1 amide bonds. The first-order valence-electron chi connectivity index (χ1n) is 7.96. The van der Waals surface area contributed by atoms with Gasteiger partial charge in [-0.05, 0) is 55.9 Å². The quantitative estimate of drug-likeness (QED) is 0.795. The largest absolute Gasteiger partial charge is 0.313 e. The summed E-state index contributed by atoms with van der Waals surface area (Å²) in [6, 6.07) is 3.42. The van der Waals surface area contributed by atoms with Crippen molar-refractivity contribution in [1.29, 1.82) is 0 Å². The predicted octanol–water partition coefficient (Wildman–Crippen LogP) is 3.16. The number of hydrogen-bond acceptors (Lipinski definition) is 5. The van der Waals surface area contributed by atoms with E-state index in [1.54, 1.807) is 36.0 Å². The van der Waals surface area contributed by atoms with Crippen molar-refractivity contribution in [3.63, 3.8) is 0 Å². The van der Waals surface area contributed by atoms with Crippen molar-refractivity contribution < 1.29 is 4.79 Å². The molecule has 1 aliphatic rings. The number of nitrogens with one attached hydrogen (secondary N) is 1. The molecule has 0 saturated heterocycles. The predicted molar refractivity (Wildman–Crippen MR) is 92.8 cm³/mol. The van der Waals surface area contributed by atoms with Gasteiger partial charge in [-0.3, -0.25) is 4.79 Å². The number of thiophene rings is 1. The summed E-state index contributed by atoms with van der Waals surface area (Å²) in [5, 5.41) is 8.07. The molecular weight excluding hydrogens is 322 g/mol. The number of carbonyl (C=O) groups excluding carboxylic acids is 1. The van der Waals surface area contributed by atoms with Crippen LogP contribution in [-0.4, -0.2) is 25.7 Å². The van der Waals surface area contributed by atoms with E-state index in [0.29, 0.717) is 11.4 Å². The van der Waals surface area contributed by atoms with Gasteiger partial charge in [0, 0.05) is 16.6 Å². The number of nitrogens with zero attached hydrogens (tertiary/aromatic N) is 4. The first kappa shape index (κ1) is 15.0. The highest BCUT2D eigenvalue weighted by Crippen LogP contribution is 2.37. The van der Waals surface area contributed by atoms with E-state index in [1.165, 1.54) is 39.9 Å². The minimum atomic E-state index is -0.125. The molecule has 6 nitrogen and oxygen atoms in total. The molecule has 0 aliphatic heterocycles. The van der Waals surface area contributed by atoms with Gasteiger partial charge in [-0.1, -0.05) is 0 Å². The lowest BCUT2D eigenvalue weighted by atomic mass is 9.96. The van der Waals surface area contributed by atoms with Crippen molar-refractivity contribution >= 4 is 22.2 Å². The van der Waals surface area contributed by atoms with Gasteiger partial charge in [0.15, 0.2) is 5.82 Å². The van der Waals surface area contributed by atoms with Gasteiger partial charge in [0.1, 0.15) is 12.7 Å². The molecule has 3 heterocycles. The Morgan fingerprint density at radius 2 is 2.21 bits per heavy atom. The molecule has 4 rings (SSSR count). The summed E-state index contributed by atoms with van der Waals surface area (Å²) in [7, 11) is 0. The molecule has 0 spiro atoms. The minimum Gasteiger partial charge on any atom is -0.313 e. The van der Waals surface area contributed by atoms with Crippen LogP contribution in [0.25, 0.3) is 5.82 Å². The highest BCUT2D eigenvalue weighted by molar-refractivity contribution is 7.16. The first-order chi connectivity index (χ1) is 11.7. The summed E-state index contributed by atoms with van der Waals surface area (Å²) in [5.74, 6) is 0.447. The van der Waals surface area contributed by atoms with E-state index >= 15 is 0 Å². The second-order valence-corrected chi connectivity index (χ2v) is 6.97. The monoisotopic (exact) mass is 339 g/mol. The Kier molecular flexibility index (Phi) is 3.86. The first-order valence-corrected chi connectivity index (χ1v) is 8.77. The molecule has 7 heteroatoms. The number of anilines is 1. The Hall–Kier alpha value is -2.54. The maximum atomic E-state index is 12.6. The number of rotatable bonds is 3. The van der Waals surface area contributed by atoms with Crippen molar-refractivity contribution in [3.05, 3.63) is 52.6 Å². The minimum absolute atomic E-state index is 0.125. The number of carbonyl (C=O) groups is 1. The summed E-state index contributed by atoms with van der Waals surface area (Å²) in [4.78, 5) is 22.2. The van der Waals surface area contributed by atoms with E-state index in [2.05, 4.69) is 27.3 Å². The smallest absolute Gasteiger partial charge is 0.256 e. The fraction of sp³-hybridized carbons (Fsp3) is 0.294. The van der Waals surface area contributed by atoms with Gasteiger partial charge in [0.2, 0.25) is 0 Å². The Labute approximate surface area is 143 Å². The van der Waals surface area contributed by atoms with Crippen molar-refractivity contribution in [2.45, 2.75) is 32.6 Å². The molecule has 0 aromatic carbocycles. The SMILES string of the molecule is Cc1c(NC(=O)c2ccnc(-n3cncn3)c2)sc2c1CCCC2. The Balaban J connectivity index is 1.59. The normalized spacial score (nSPS) is 13.5. The number of aryl methyl sites for hydroxylation is 1. The van der Waals surface area contributed by atoms with Crippen LogP contribution < -0.4 is 5.32 Å². The average molecular weight is 339 g/mol. The van der Waals surface area contributed by atoms with Crippen molar-refractivity contribution in [3.8, 4) is 5.82 Å². The van der Waals surface area contributed by atoms with E-state index < -0.39 is 0 Å². The third kappa shape index (κ3) is 2.71. The molecule has 0 unspecified atom stereocenters. The third-order valence-electron chi connectivity index (χ3n) is 4.32. The highest BCUT2D eigenvalue weighted by atomic mass is 32.1.